The second kappa shape index (κ2) is 2.97. The summed E-state index contributed by atoms with van der Waals surface area (Å²) in [6, 6.07) is 0. The van der Waals surface area contributed by atoms with Gasteiger partial charge in [-0.2, -0.15) is 0 Å². The Labute approximate surface area is 69.2 Å². The van der Waals surface area contributed by atoms with Crippen molar-refractivity contribution >= 4 is 5.97 Å². The summed E-state index contributed by atoms with van der Waals surface area (Å²) in [5, 5.41) is 0.198. The molecular formula is C7H11F2NO2. The Balaban J connectivity index is 2.86. The number of methoxy groups -OCH3 is 1. The quantitative estimate of drug-likeness (QED) is 0.441. The summed E-state index contributed by atoms with van der Waals surface area (Å²) >= 11 is 0. The molecule has 3 nitrogen and oxygen atoms in total. The van der Waals surface area contributed by atoms with Gasteiger partial charge in [0.05, 0.1) is 7.11 Å². The van der Waals surface area contributed by atoms with E-state index in [0.717, 1.165) is 7.11 Å². The lowest BCUT2D eigenvalue weighted by Gasteiger charge is -2.26. The van der Waals surface area contributed by atoms with Crippen molar-refractivity contribution in [3.8, 4) is 0 Å². The van der Waals surface area contributed by atoms with Crippen LogP contribution < -0.4 is 0 Å². The number of rotatable bonds is 1. The molecule has 1 rings (SSSR count). The highest BCUT2D eigenvalue weighted by Gasteiger charge is 2.53. The molecule has 0 aromatic carbocycles. The van der Waals surface area contributed by atoms with Crippen LogP contribution in [0.15, 0.2) is 0 Å². The fraction of sp³-hybridized carbons (Fsp3) is 0.857. The molecule has 1 aliphatic rings. The van der Waals surface area contributed by atoms with Gasteiger partial charge in [-0.05, 0) is 13.3 Å². The molecule has 2 atom stereocenters. The molecule has 70 valence electrons. The van der Waals surface area contributed by atoms with Crippen LogP contribution in [-0.4, -0.2) is 36.5 Å². The van der Waals surface area contributed by atoms with Crippen molar-refractivity contribution in [1.82, 2.24) is 5.12 Å². The number of alkyl halides is 1. The highest BCUT2D eigenvalue weighted by atomic mass is 19.2. The van der Waals surface area contributed by atoms with Gasteiger partial charge in [0.25, 0.3) is 0 Å². The molecule has 1 heterocycles. The molecule has 1 fully saturated rings. The van der Waals surface area contributed by atoms with Crippen LogP contribution in [0.25, 0.3) is 0 Å². The number of hydrogen-bond donors (Lipinski definition) is 0. The zero-order valence-electron chi connectivity index (χ0n) is 7.01. The van der Waals surface area contributed by atoms with Gasteiger partial charge >= 0.3 is 5.97 Å². The van der Waals surface area contributed by atoms with E-state index in [1.165, 1.54) is 6.92 Å². The Kier molecular flexibility index (Phi) is 2.32. The van der Waals surface area contributed by atoms with E-state index in [9.17, 15) is 13.7 Å². The third kappa shape index (κ3) is 1.08. The standard InChI is InChI=1S/C7H11F2NO2/c1-7(6(11)12-2)5(8)3-4-10(7)9/h5H,3-4H2,1-2H3. The fourth-order valence-corrected chi connectivity index (χ4v) is 1.33. The summed E-state index contributed by atoms with van der Waals surface area (Å²) in [4.78, 5) is 11.0. The highest BCUT2D eigenvalue weighted by molar-refractivity contribution is 5.81. The molecule has 2 unspecified atom stereocenters. The van der Waals surface area contributed by atoms with Crippen molar-refractivity contribution in [3.63, 3.8) is 0 Å². The maximum atomic E-state index is 13.1. The normalized spacial score (nSPS) is 36.8. The van der Waals surface area contributed by atoms with E-state index in [0.29, 0.717) is 0 Å². The summed E-state index contributed by atoms with van der Waals surface area (Å²) in [5.74, 6) is -0.866. The monoisotopic (exact) mass is 179 g/mol. The Morgan fingerprint density at radius 2 is 2.33 bits per heavy atom. The smallest absolute Gasteiger partial charge is 0.331 e. The predicted octanol–water partition coefficient (Wildman–Crippen LogP) is 0.846. The average Bonchev–Trinajstić information content (AvgIpc) is 2.32. The van der Waals surface area contributed by atoms with E-state index in [1.54, 1.807) is 0 Å². The number of halogens is 2. The van der Waals surface area contributed by atoms with Crippen LogP contribution in [0.1, 0.15) is 13.3 Å². The Bertz CT molecular complexity index is 188. The van der Waals surface area contributed by atoms with Crippen LogP contribution in [0.4, 0.5) is 8.87 Å². The molecule has 0 bridgehead atoms. The van der Waals surface area contributed by atoms with Gasteiger partial charge in [0, 0.05) is 6.54 Å². The largest absolute Gasteiger partial charge is 0.467 e. The lowest BCUT2D eigenvalue weighted by molar-refractivity contribution is -0.167. The molecule has 0 spiro atoms. The minimum absolute atomic E-state index is 0.0299. The number of esters is 1. The van der Waals surface area contributed by atoms with E-state index in [2.05, 4.69) is 4.74 Å². The molecule has 0 radical (unpaired) electrons. The zero-order chi connectivity index (χ0) is 9.35. The number of carbonyl (C=O) groups excluding carboxylic acids is 1. The lowest BCUT2D eigenvalue weighted by atomic mass is 9.99. The van der Waals surface area contributed by atoms with Crippen LogP contribution in [0.5, 0.6) is 0 Å². The molecule has 12 heavy (non-hydrogen) atoms. The van der Waals surface area contributed by atoms with Crippen molar-refractivity contribution in [2.75, 3.05) is 13.7 Å². The van der Waals surface area contributed by atoms with Gasteiger partial charge in [0.2, 0.25) is 0 Å². The van der Waals surface area contributed by atoms with Crippen LogP contribution in [0.3, 0.4) is 0 Å². The van der Waals surface area contributed by atoms with Gasteiger partial charge in [-0.15, -0.1) is 9.60 Å². The molecule has 0 aromatic rings. The summed E-state index contributed by atoms with van der Waals surface area (Å²) < 4.78 is 30.3. The summed E-state index contributed by atoms with van der Waals surface area (Å²) in [6.07, 6.45) is -1.46. The first-order valence-corrected chi connectivity index (χ1v) is 3.69. The molecule has 1 saturated heterocycles. The predicted molar refractivity (Wildman–Crippen MR) is 37.7 cm³/mol. The van der Waals surface area contributed by atoms with E-state index in [1.807, 2.05) is 0 Å². The molecular weight excluding hydrogens is 168 g/mol. The van der Waals surface area contributed by atoms with Gasteiger partial charge in [0.15, 0.2) is 5.54 Å². The van der Waals surface area contributed by atoms with Crippen LogP contribution in [0.2, 0.25) is 0 Å². The molecule has 5 heteroatoms. The lowest BCUT2D eigenvalue weighted by Crippen LogP contribution is -2.50. The average molecular weight is 179 g/mol. The SMILES string of the molecule is COC(=O)C1(C)C(F)CCN1F. The first-order valence-electron chi connectivity index (χ1n) is 3.69. The number of ether oxygens (including phenoxy) is 1. The number of hydrogen-bond acceptors (Lipinski definition) is 3. The van der Waals surface area contributed by atoms with Crippen molar-refractivity contribution in [2.45, 2.75) is 25.1 Å². The van der Waals surface area contributed by atoms with E-state index < -0.39 is 17.7 Å². The molecule has 0 amide bonds. The summed E-state index contributed by atoms with van der Waals surface area (Å²) in [7, 11) is 1.12. The summed E-state index contributed by atoms with van der Waals surface area (Å²) in [5.41, 5.74) is -1.74. The van der Waals surface area contributed by atoms with Crippen LogP contribution in [-0.2, 0) is 9.53 Å². The molecule has 0 aromatic heterocycles. The zero-order valence-corrected chi connectivity index (χ0v) is 7.01. The van der Waals surface area contributed by atoms with Gasteiger partial charge in [-0.25, -0.2) is 9.18 Å². The van der Waals surface area contributed by atoms with E-state index in [-0.39, 0.29) is 18.1 Å². The van der Waals surface area contributed by atoms with Gasteiger partial charge in [-0.3, -0.25) is 0 Å². The first kappa shape index (κ1) is 9.38. The molecule has 0 N–H and O–H groups in total. The Hall–Kier alpha value is -0.710. The highest BCUT2D eigenvalue weighted by Crippen LogP contribution is 2.32. The van der Waals surface area contributed by atoms with Crippen molar-refractivity contribution < 1.29 is 18.4 Å². The van der Waals surface area contributed by atoms with Crippen molar-refractivity contribution in [1.29, 1.82) is 0 Å². The maximum Gasteiger partial charge on any atom is 0.331 e. The minimum atomic E-state index is -1.74. The minimum Gasteiger partial charge on any atom is -0.467 e. The third-order valence-electron chi connectivity index (χ3n) is 2.29. The summed E-state index contributed by atoms with van der Waals surface area (Å²) in [6.45, 7) is 1.14. The van der Waals surface area contributed by atoms with Gasteiger partial charge in [0.1, 0.15) is 6.17 Å². The first-order chi connectivity index (χ1) is 5.53. The number of nitrogens with zero attached hydrogens (tertiary/aromatic N) is 1. The third-order valence-corrected chi connectivity index (χ3v) is 2.29. The van der Waals surface area contributed by atoms with E-state index in [4.69, 9.17) is 0 Å². The second-order valence-corrected chi connectivity index (χ2v) is 2.98. The van der Waals surface area contributed by atoms with Crippen LogP contribution in [0, 0.1) is 0 Å². The molecule has 1 aliphatic heterocycles. The Morgan fingerprint density at radius 1 is 1.75 bits per heavy atom. The Morgan fingerprint density at radius 3 is 2.67 bits per heavy atom. The molecule has 0 saturated carbocycles. The second-order valence-electron chi connectivity index (χ2n) is 2.98. The van der Waals surface area contributed by atoms with Crippen molar-refractivity contribution in [3.05, 3.63) is 0 Å². The van der Waals surface area contributed by atoms with E-state index >= 15 is 0 Å². The topological polar surface area (TPSA) is 29.5 Å². The maximum absolute atomic E-state index is 13.1. The van der Waals surface area contributed by atoms with Crippen LogP contribution >= 0.6 is 0 Å². The number of carbonyl (C=O) groups is 1. The molecule has 0 aliphatic carbocycles. The van der Waals surface area contributed by atoms with Gasteiger partial charge < -0.3 is 4.74 Å². The van der Waals surface area contributed by atoms with Gasteiger partial charge in [-0.1, -0.05) is 0 Å². The van der Waals surface area contributed by atoms with Crippen molar-refractivity contribution in [2.24, 2.45) is 0 Å². The fourth-order valence-electron chi connectivity index (χ4n) is 1.33.